The minimum Gasteiger partial charge on any atom is -0.381 e. The number of alkyl halides is 1. The third-order valence-corrected chi connectivity index (χ3v) is 6.88. The molecule has 30 heavy (non-hydrogen) atoms. The van der Waals surface area contributed by atoms with E-state index in [-0.39, 0.29) is 6.10 Å². The van der Waals surface area contributed by atoms with Gasteiger partial charge in [0.25, 0.3) is 0 Å². The molecule has 8 heteroatoms. The van der Waals surface area contributed by atoms with Crippen molar-refractivity contribution in [3.63, 3.8) is 0 Å². The van der Waals surface area contributed by atoms with Gasteiger partial charge in [-0.15, -0.1) is 0 Å². The number of nitrogens with one attached hydrogen (secondary N) is 2. The quantitative estimate of drug-likeness (QED) is 0.633. The summed E-state index contributed by atoms with van der Waals surface area (Å²) in [6.45, 7) is 8.09. The second kappa shape index (κ2) is 9.22. The number of rotatable bonds is 7. The summed E-state index contributed by atoms with van der Waals surface area (Å²) in [6.07, 6.45) is -1.64. The molecule has 2 aromatic carbocycles. The molecule has 1 heterocycles. The van der Waals surface area contributed by atoms with Gasteiger partial charge in [0.1, 0.15) is 6.10 Å². The Morgan fingerprint density at radius 1 is 1.07 bits per heavy atom. The van der Waals surface area contributed by atoms with Crippen LogP contribution in [0.4, 0.5) is 21.5 Å². The number of sulfonamides is 1. The van der Waals surface area contributed by atoms with Crippen molar-refractivity contribution in [2.24, 2.45) is 0 Å². The molecule has 2 N–H and O–H groups in total. The van der Waals surface area contributed by atoms with Gasteiger partial charge in [-0.2, -0.15) is 0 Å². The molecular weight excluding hydrogens is 405 g/mol. The Morgan fingerprint density at radius 3 is 2.27 bits per heavy atom. The Balaban J connectivity index is 1.57. The summed E-state index contributed by atoms with van der Waals surface area (Å²) >= 11 is 0. The number of hydrogen-bond acceptors (Lipinski definition) is 5. The number of halogens is 1. The van der Waals surface area contributed by atoms with Gasteiger partial charge in [0, 0.05) is 30.2 Å². The van der Waals surface area contributed by atoms with Crippen molar-refractivity contribution in [1.29, 1.82) is 0 Å². The molecule has 0 bridgehead atoms. The predicted octanol–water partition coefficient (Wildman–Crippen LogP) is 4.36. The number of anilines is 3. The molecule has 1 saturated heterocycles. The van der Waals surface area contributed by atoms with Crippen molar-refractivity contribution < 1.29 is 17.5 Å². The molecule has 0 amide bonds. The first kappa shape index (κ1) is 22.4. The van der Waals surface area contributed by atoms with Crippen LogP contribution in [0.15, 0.2) is 48.5 Å². The molecule has 1 fully saturated rings. The standard InChI is InChI=1S/C22H30FN3O3S/c1-15(2)30(27,28)25-20-7-5-18(6-8-20)13-24-19-9-11-21(12-10-19)26-14-16(3)29-17(4)22(26)23/h5-12,15-17,22,24-25H,13-14H2,1-4H3. The topological polar surface area (TPSA) is 70.7 Å². The smallest absolute Gasteiger partial charge is 0.235 e. The fraction of sp³-hybridized carbons (Fsp3) is 0.455. The fourth-order valence-electron chi connectivity index (χ4n) is 3.30. The molecular formula is C22H30FN3O3S. The number of benzene rings is 2. The third kappa shape index (κ3) is 5.43. The van der Waals surface area contributed by atoms with Crippen LogP contribution in [0.1, 0.15) is 33.3 Å². The van der Waals surface area contributed by atoms with Crippen molar-refractivity contribution in [1.82, 2.24) is 0 Å². The maximum absolute atomic E-state index is 14.5. The molecule has 3 rings (SSSR count). The van der Waals surface area contributed by atoms with Gasteiger partial charge in [-0.25, -0.2) is 12.8 Å². The number of hydrogen-bond donors (Lipinski definition) is 2. The minimum absolute atomic E-state index is 0.0159. The minimum atomic E-state index is -3.35. The maximum Gasteiger partial charge on any atom is 0.235 e. The molecule has 164 valence electrons. The van der Waals surface area contributed by atoms with E-state index in [4.69, 9.17) is 4.74 Å². The Bertz CT molecular complexity index is 933. The Kier molecular flexibility index (Phi) is 6.88. The average Bonchev–Trinajstić information content (AvgIpc) is 2.70. The Morgan fingerprint density at radius 2 is 1.67 bits per heavy atom. The van der Waals surface area contributed by atoms with Crippen LogP contribution < -0.4 is 14.9 Å². The molecule has 0 spiro atoms. The first-order valence-electron chi connectivity index (χ1n) is 10.2. The van der Waals surface area contributed by atoms with Gasteiger partial charge in [0.05, 0.1) is 11.4 Å². The van der Waals surface area contributed by atoms with Crippen LogP contribution in [0.5, 0.6) is 0 Å². The van der Waals surface area contributed by atoms with Crippen molar-refractivity contribution in [3.05, 3.63) is 54.1 Å². The highest BCUT2D eigenvalue weighted by atomic mass is 32.2. The summed E-state index contributed by atoms with van der Waals surface area (Å²) in [5, 5.41) is 2.84. The summed E-state index contributed by atoms with van der Waals surface area (Å²) in [5.41, 5.74) is 3.32. The Hall–Kier alpha value is -2.32. The highest BCUT2D eigenvalue weighted by molar-refractivity contribution is 7.93. The average molecular weight is 436 g/mol. The SMILES string of the molecule is CC1CN(c2ccc(NCc3ccc(NS(=O)(=O)C(C)C)cc3)cc2)C(F)C(C)O1. The van der Waals surface area contributed by atoms with E-state index in [1.165, 1.54) is 0 Å². The van der Waals surface area contributed by atoms with Crippen molar-refractivity contribution >= 4 is 27.1 Å². The van der Waals surface area contributed by atoms with Gasteiger partial charge in [-0.05, 0) is 69.7 Å². The van der Waals surface area contributed by atoms with E-state index < -0.39 is 27.7 Å². The summed E-state index contributed by atoms with van der Waals surface area (Å²) in [7, 11) is -3.35. The number of nitrogens with zero attached hydrogens (tertiary/aromatic N) is 1. The van der Waals surface area contributed by atoms with Crippen LogP contribution >= 0.6 is 0 Å². The highest BCUT2D eigenvalue weighted by Crippen LogP contribution is 2.27. The maximum atomic E-state index is 14.5. The van der Waals surface area contributed by atoms with Crippen LogP contribution in [0.25, 0.3) is 0 Å². The zero-order chi connectivity index (χ0) is 21.9. The molecule has 0 aliphatic carbocycles. The molecule has 0 radical (unpaired) electrons. The molecule has 3 atom stereocenters. The van der Waals surface area contributed by atoms with Crippen LogP contribution in [-0.2, 0) is 21.3 Å². The predicted molar refractivity (Wildman–Crippen MR) is 120 cm³/mol. The normalized spacial score (nSPS) is 22.2. The van der Waals surface area contributed by atoms with Crippen molar-refractivity contribution in [2.75, 3.05) is 21.5 Å². The summed E-state index contributed by atoms with van der Waals surface area (Å²) in [6, 6.07) is 14.9. The summed E-state index contributed by atoms with van der Waals surface area (Å²) in [4.78, 5) is 1.74. The van der Waals surface area contributed by atoms with E-state index in [1.807, 2.05) is 43.3 Å². The molecule has 3 unspecified atom stereocenters. The lowest BCUT2D eigenvalue weighted by molar-refractivity contribution is -0.0614. The van der Waals surface area contributed by atoms with Gasteiger partial charge >= 0.3 is 0 Å². The number of morpholine rings is 1. The van der Waals surface area contributed by atoms with Crippen molar-refractivity contribution in [2.45, 2.75) is 58.0 Å². The summed E-state index contributed by atoms with van der Waals surface area (Å²) in [5.74, 6) is 0. The molecule has 0 saturated carbocycles. The van der Waals surface area contributed by atoms with E-state index in [0.717, 1.165) is 16.9 Å². The van der Waals surface area contributed by atoms with Gasteiger partial charge in [-0.1, -0.05) is 12.1 Å². The summed E-state index contributed by atoms with van der Waals surface area (Å²) < 4.78 is 46.5. The van der Waals surface area contributed by atoms with E-state index in [9.17, 15) is 12.8 Å². The van der Waals surface area contributed by atoms with Crippen molar-refractivity contribution in [3.8, 4) is 0 Å². The first-order chi connectivity index (χ1) is 14.2. The monoisotopic (exact) mass is 435 g/mol. The van der Waals surface area contributed by atoms with E-state index in [1.54, 1.807) is 37.8 Å². The fourth-order valence-corrected chi connectivity index (χ4v) is 4.00. The molecule has 1 aliphatic heterocycles. The zero-order valence-electron chi connectivity index (χ0n) is 17.8. The van der Waals surface area contributed by atoms with E-state index >= 15 is 0 Å². The van der Waals surface area contributed by atoms with Crippen LogP contribution in [0.3, 0.4) is 0 Å². The highest BCUT2D eigenvalue weighted by Gasteiger charge is 2.32. The largest absolute Gasteiger partial charge is 0.381 e. The second-order valence-electron chi connectivity index (χ2n) is 7.97. The Labute approximate surface area is 178 Å². The van der Waals surface area contributed by atoms with Crippen LogP contribution in [0.2, 0.25) is 0 Å². The molecule has 6 nitrogen and oxygen atoms in total. The second-order valence-corrected chi connectivity index (χ2v) is 10.2. The number of ether oxygens (including phenoxy) is 1. The lowest BCUT2D eigenvalue weighted by atomic mass is 10.1. The molecule has 0 aromatic heterocycles. The molecule has 2 aromatic rings. The lowest BCUT2D eigenvalue weighted by Crippen LogP contribution is -2.51. The lowest BCUT2D eigenvalue weighted by Gasteiger charge is -2.39. The molecule has 1 aliphatic rings. The van der Waals surface area contributed by atoms with Gasteiger partial charge in [0.15, 0.2) is 6.30 Å². The van der Waals surface area contributed by atoms with E-state index in [2.05, 4.69) is 10.0 Å². The van der Waals surface area contributed by atoms with E-state index in [0.29, 0.717) is 18.8 Å². The zero-order valence-corrected chi connectivity index (χ0v) is 18.6. The van der Waals surface area contributed by atoms with Crippen LogP contribution in [-0.4, -0.2) is 38.7 Å². The van der Waals surface area contributed by atoms with Crippen LogP contribution in [0, 0.1) is 0 Å². The van der Waals surface area contributed by atoms with Gasteiger partial charge in [0.2, 0.25) is 10.0 Å². The third-order valence-electron chi connectivity index (χ3n) is 5.12. The van der Waals surface area contributed by atoms with Gasteiger partial charge < -0.3 is 15.0 Å². The van der Waals surface area contributed by atoms with Gasteiger partial charge in [-0.3, -0.25) is 4.72 Å². The first-order valence-corrected chi connectivity index (χ1v) is 11.7.